The number of aromatic nitrogens is 1. The van der Waals surface area contributed by atoms with E-state index >= 15 is 0 Å². The molecule has 0 aliphatic rings. The van der Waals surface area contributed by atoms with Crippen molar-refractivity contribution in [3.8, 4) is 78.1 Å². The molecule has 1 nitrogen and oxygen atoms in total. The molecule has 0 N–H and O–H groups in total. The molecule has 0 fully saturated rings. The van der Waals surface area contributed by atoms with Crippen LogP contribution in [-0.4, -0.2) is 4.98 Å². The Kier molecular flexibility index (Phi) is 8.01. The van der Waals surface area contributed by atoms with Crippen LogP contribution < -0.4 is 0 Å². The number of hydrogen-bond acceptors (Lipinski definition) is 1. The lowest BCUT2D eigenvalue weighted by molar-refractivity contribution is 1.32. The first-order chi connectivity index (χ1) is 23.8. The Balaban J connectivity index is 1.04. The quantitative estimate of drug-likeness (QED) is 0.175. The standard InChI is InChI=1S/C47H33N/c1-4-11-34(12-5-1)35-19-25-38(26-20-35)43-17-10-18-44(31-43)39-27-21-36(22-28-39)37-23-29-40(30-24-37)45-32-46(41-13-6-2-7-14-41)48-47(33-45)42-15-8-3-9-16-42/h1-33H. The van der Waals surface area contributed by atoms with Crippen molar-refractivity contribution in [1.82, 2.24) is 4.98 Å². The van der Waals surface area contributed by atoms with Crippen molar-refractivity contribution in [1.29, 1.82) is 0 Å². The summed E-state index contributed by atoms with van der Waals surface area (Å²) < 4.78 is 0. The fourth-order valence-corrected chi connectivity index (χ4v) is 6.29. The largest absolute Gasteiger partial charge is 0.248 e. The van der Waals surface area contributed by atoms with E-state index in [-0.39, 0.29) is 0 Å². The molecular weight excluding hydrogens is 579 g/mol. The van der Waals surface area contributed by atoms with Gasteiger partial charge in [-0.05, 0) is 73.8 Å². The van der Waals surface area contributed by atoms with Gasteiger partial charge in [-0.2, -0.15) is 0 Å². The van der Waals surface area contributed by atoms with E-state index in [9.17, 15) is 0 Å². The van der Waals surface area contributed by atoms with E-state index in [4.69, 9.17) is 4.98 Å². The van der Waals surface area contributed by atoms with Crippen LogP contribution in [0.2, 0.25) is 0 Å². The molecule has 226 valence electrons. The third kappa shape index (κ3) is 6.23. The van der Waals surface area contributed by atoms with Gasteiger partial charge in [-0.25, -0.2) is 4.98 Å². The SMILES string of the molecule is c1ccc(-c2ccc(-c3cccc(-c4ccc(-c5ccc(-c6cc(-c7ccccc7)nc(-c7ccccc7)c6)cc5)cc4)c3)cc2)cc1. The van der Waals surface area contributed by atoms with E-state index in [0.717, 1.165) is 28.1 Å². The van der Waals surface area contributed by atoms with Crippen LogP contribution in [0.15, 0.2) is 200 Å². The molecule has 1 aromatic heterocycles. The molecule has 1 heterocycles. The van der Waals surface area contributed by atoms with Gasteiger partial charge in [0, 0.05) is 11.1 Å². The van der Waals surface area contributed by atoms with Crippen molar-refractivity contribution in [2.75, 3.05) is 0 Å². The summed E-state index contributed by atoms with van der Waals surface area (Å²) in [7, 11) is 0. The first-order valence-corrected chi connectivity index (χ1v) is 16.4. The van der Waals surface area contributed by atoms with Gasteiger partial charge in [-0.1, -0.05) is 182 Å². The third-order valence-corrected chi connectivity index (χ3v) is 8.92. The fraction of sp³-hybridized carbons (Fsp3) is 0. The van der Waals surface area contributed by atoms with Gasteiger partial charge in [0.1, 0.15) is 0 Å². The number of nitrogens with zero attached hydrogens (tertiary/aromatic N) is 1. The van der Waals surface area contributed by atoms with Gasteiger partial charge in [0.15, 0.2) is 0 Å². The summed E-state index contributed by atoms with van der Waals surface area (Å²) in [6.07, 6.45) is 0. The van der Waals surface area contributed by atoms with Crippen molar-refractivity contribution in [2.45, 2.75) is 0 Å². The van der Waals surface area contributed by atoms with Crippen molar-refractivity contribution in [3.05, 3.63) is 200 Å². The van der Waals surface area contributed by atoms with Gasteiger partial charge in [0.25, 0.3) is 0 Å². The topological polar surface area (TPSA) is 12.9 Å². The zero-order valence-electron chi connectivity index (χ0n) is 26.5. The van der Waals surface area contributed by atoms with Gasteiger partial charge in [0.05, 0.1) is 11.4 Å². The molecule has 0 saturated heterocycles. The van der Waals surface area contributed by atoms with Crippen LogP contribution >= 0.6 is 0 Å². The number of pyridine rings is 1. The first kappa shape index (κ1) is 29.1. The van der Waals surface area contributed by atoms with Gasteiger partial charge in [-0.3, -0.25) is 0 Å². The summed E-state index contributed by atoms with van der Waals surface area (Å²) in [5.41, 5.74) is 16.2. The highest BCUT2D eigenvalue weighted by Crippen LogP contribution is 2.33. The Hall–Kier alpha value is -6.31. The van der Waals surface area contributed by atoms with Gasteiger partial charge >= 0.3 is 0 Å². The predicted molar refractivity (Wildman–Crippen MR) is 202 cm³/mol. The first-order valence-electron chi connectivity index (χ1n) is 16.4. The van der Waals surface area contributed by atoms with Crippen molar-refractivity contribution >= 4 is 0 Å². The lowest BCUT2D eigenvalue weighted by Gasteiger charge is -2.11. The molecule has 0 radical (unpaired) electrons. The highest BCUT2D eigenvalue weighted by atomic mass is 14.7. The van der Waals surface area contributed by atoms with Crippen LogP contribution in [0.25, 0.3) is 78.1 Å². The second kappa shape index (κ2) is 13.2. The molecule has 1 heteroatoms. The van der Waals surface area contributed by atoms with E-state index in [0.29, 0.717) is 0 Å². The van der Waals surface area contributed by atoms with Crippen LogP contribution in [0.5, 0.6) is 0 Å². The molecule has 7 aromatic carbocycles. The summed E-state index contributed by atoms with van der Waals surface area (Å²) in [6, 6.07) is 71.1. The number of rotatable bonds is 7. The second-order valence-electron chi connectivity index (χ2n) is 12.0. The van der Waals surface area contributed by atoms with Crippen LogP contribution in [0.1, 0.15) is 0 Å². The average molecular weight is 612 g/mol. The Morgan fingerprint density at radius 1 is 0.188 bits per heavy atom. The van der Waals surface area contributed by atoms with Crippen molar-refractivity contribution < 1.29 is 0 Å². The van der Waals surface area contributed by atoms with E-state index in [2.05, 4.69) is 188 Å². The highest BCUT2D eigenvalue weighted by molar-refractivity contribution is 5.80. The number of benzene rings is 7. The minimum absolute atomic E-state index is 0.972. The Morgan fingerprint density at radius 3 is 0.833 bits per heavy atom. The number of hydrogen-bond donors (Lipinski definition) is 0. The maximum atomic E-state index is 5.04. The van der Waals surface area contributed by atoms with Crippen LogP contribution in [0.3, 0.4) is 0 Å². The molecule has 0 amide bonds. The predicted octanol–water partition coefficient (Wildman–Crippen LogP) is 12.8. The summed E-state index contributed by atoms with van der Waals surface area (Å²) in [4.78, 5) is 5.04. The zero-order valence-corrected chi connectivity index (χ0v) is 26.5. The monoisotopic (exact) mass is 611 g/mol. The van der Waals surface area contributed by atoms with E-state index in [1.165, 1.54) is 50.1 Å². The molecule has 48 heavy (non-hydrogen) atoms. The Morgan fingerprint density at radius 2 is 0.458 bits per heavy atom. The van der Waals surface area contributed by atoms with E-state index < -0.39 is 0 Å². The van der Waals surface area contributed by atoms with Crippen LogP contribution in [0.4, 0.5) is 0 Å². The molecular formula is C47H33N. The van der Waals surface area contributed by atoms with E-state index in [1.807, 2.05) is 12.1 Å². The molecule has 8 rings (SSSR count). The normalized spacial score (nSPS) is 10.9. The highest BCUT2D eigenvalue weighted by Gasteiger charge is 2.10. The van der Waals surface area contributed by atoms with Crippen molar-refractivity contribution in [2.24, 2.45) is 0 Å². The third-order valence-electron chi connectivity index (χ3n) is 8.92. The minimum Gasteiger partial charge on any atom is -0.248 e. The smallest absolute Gasteiger partial charge is 0.0715 e. The minimum atomic E-state index is 0.972. The molecule has 0 saturated carbocycles. The lowest BCUT2D eigenvalue weighted by Crippen LogP contribution is -1.91. The van der Waals surface area contributed by atoms with Crippen LogP contribution in [0, 0.1) is 0 Å². The zero-order chi connectivity index (χ0) is 32.1. The molecule has 0 atom stereocenters. The average Bonchev–Trinajstić information content (AvgIpc) is 3.19. The molecule has 0 spiro atoms. The maximum absolute atomic E-state index is 5.04. The summed E-state index contributed by atoms with van der Waals surface area (Å²) in [5.74, 6) is 0. The van der Waals surface area contributed by atoms with E-state index in [1.54, 1.807) is 0 Å². The Bertz CT molecular complexity index is 2210. The summed E-state index contributed by atoms with van der Waals surface area (Å²) in [5, 5.41) is 0. The second-order valence-corrected chi connectivity index (χ2v) is 12.0. The summed E-state index contributed by atoms with van der Waals surface area (Å²) >= 11 is 0. The molecule has 0 aliphatic carbocycles. The van der Waals surface area contributed by atoms with Gasteiger partial charge < -0.3 is 0 Å². The maximum Gasteiger partial charge on any atom is 0.0715 e. The van der Waals surface area contributed by atoms with Crippen molar-refractivity contribution in [3.63, 3.8) is 0 Å². The van der Waals surface area contributed by atoms with Crippen LogP contribution in [-0.2, 0) is 0 Å². The summed E-state index contributed by atoms with van der Waals surface area (Å²) in [6.45, 7) is 0. The van der Waals surface area contributed by atoms with Gasteiger partial charge in [0.2, 0.25) is 0 Å². The fourth-order valence-electron chi connectivity index (χ4n) is 6.29. The van der Waals surface area contributed by atoms with Gasteiger partial charge in [-0.15, -0.1) is 0 Å². The molecule has 0 bridgehead atoms. The lowest BCUT2D eigenvalue weighted by atomic mass is 9.95. The molecule has 0 aliphatic heterocycles. The molecule has 8 aromatic rings. The molecule has 0 unspecified atom stereocenters. The Labute approximate surface area is 282 Å².